The van der Waals surface area contributed by atoms with Crippen molar-refractivity contribution >= 4 is 23.3 Å². The Morgan fingerprint density at radius 2 is 1.87 bits per heavy atom. The number of benzene rings is 1. The van der Waals surface area contributed by atoms with Crippen LogP contribution in [0.15, 0.2) is 24.3 Å². The van der Waals surface area contributed by atoms with Gasteiger partial charge in [0.1, 0.15) is 17.3 Å². The maximum Gasteiger partial charge on any atom is 0.303 e. The first-order valence-corrected chi connectivity index (χ1v) is 14.2. The number of anilines is 1. The molecule has 4 rings (SSSR count). The first-order chi connectivity index (χ1) is 18.5. The number of pyridine rings is 1. The van der Waals surface area contributed by atoms with E-state index in [-0.39, 0.29) is 24.2 Å². The number of ether oxygens (including phenoxy) is 1. The number of ketones is 1. The maximum absolute atomic E-state index is 13.7. The highest BCUT2D eigenvalue weighted by atomic mass is 16.5. The molecule has 1 aliphatic heterocycles. The molecule has 0 spiro atoms. The molecule has 2 N–H and O–H groups in total. The molecule has 1 aliphatic carbocycles. The second kappa shape index (κ2) is 11.8. The van der Waals surface area contributed by atoms with Crippen molar-refractivity contribution in [2.24, 2.45) is 0 Å². The van der Waals surface area contributed by atoms with Gasteiger partial charge in [0.05, 0.1) is 18.8 Å². The lowest BCUT2D eigenvalue weighted by atomic mass is 9.84. The summed E-state index contributed by atoms with van der Waals surface area (Å²) in [5.41, 5.74) is 4.92. The van der Waals surface area contributed by atoms with E-state index in [1.165, 1.54) is 0 Å². The molecule has 0 atom stereocenters. The molecular weight excluding hydrogens is 492 g/mol. The predicted molar refractivity (Wildman–Crippen MR) is 153 cm³/mol. The Hall–Kier alpha value is -3.42. The van der Waals surface area contributed by atoms with E-state index in [1.54, 1.807) is 0 Å². The normalized spacial score (nSPS) is 14.9. The Morgan fingerprint density at radius 3 is 2.49 bits per heavy atom. The van der Waals surface area contributed by atoms with Crippen LogP contribution in [0, 0.1) is 5.41 Å². The molecule has 39 heavy (non-hydrogen) atoms. The van der Waals surface area contributed by atoms with Gasteiger partial charge in [0, 0.05) is 54.4 Å². The van der Waals surface area contributed by atoms with E-state index < -0.39 is 5.97 Å². The van der Waals surface area contributed by atoms with Crippen LogP contribution in [0.2, 0.25) is 0 Å². The zero-order valence-electron chi connectivity index (χ0n) is 24.0. The zero-order valence-corrected chi connectivity index (χ0v) is 24.0. The molecule has 0 unspecified atom stereocenters. The molecule has 1 aromatic heterocycles. The molecule has 2 aliphatic rings. The Labute approximate surface area is 231 Å². The van der Waals surface area contributed by atoms with Gasteiger partial charge in [0.2, 0.25) is 0 Å². The van der Waals surface area contributed by atoms with Gasteiger partial charge in [-0.2, -0.15) is 0 Å². The van der Waals surface area contributed by atoms with Gasteiger partial charge in [0.15, 0.2) is 5.78 Å². The highest BCUT2D eigenvalue weighted by Crippen LogP contribution is 2.41. The average Bonchev–Trinajstić information content (AvgIpc) is 3.69. The summed E-state index contributed by atoms with van der Waals surface area (Å²) in [5, 5.41) is 17.7. The number of rotatable bonds is 13. The molecule has 0 saturated heterocycles. The fraction of sp³-hybridized carbons (Fsp3) is 0.548. The lowest BCUT2D eigenvalue weighted by Gasteiger charge is -2.31. The summed E-state index contributed by atoms with van der Waals surface area (Å²) >= 11 is 0. The number of nitrogens with zero attached hydrogens (tertiary/aromatic N) is 3. The van der Waals surface area contributed by atoms with Gasteiger partial charge in [0.25, 0.3) is 0 Å². The van der Waals surface area contributed by atoms with Crippen LogP contribution < -0.4 is 9.64 Å². The summed E-state index contributed by atoms with van der Waals surface area (Å²) < 4.78 is 6.33. The van der Waals surface area contributed by atoms with Crippen molar-refractivity contribution in [1.29, 1.82) is 5.41 Å². The molecule has 1 aromatic carbocycles. The van der Waals surface area contributed by atoms with Crippen LogP contribution >= 0.6 is 0 Å². The monoisotopic (exact) mass is 534 g/mol. The van der Waals surface area contributed by atoms with Crippen molar-refractivity contribution in [3.8, 4) is 5.75 Å². The molecule has 2 aromatic rings. The number of carbonyl (C=O) groups is 2. The quantitative estimate of drug-likeness (QED) is 0.248. The van der Waals surface area contributed by atoms with Crippen LogP contribution in [-0.4, -0.2) is 58.8 Å². The summed E-state index contributed by atoms with van der Waals surface area (Å²) in [4.78, 5) is 33.4. The van der Waals surface area contributed by atoms with E-state index >= 15 is 0 Å². The second-order valence-electron chi connectivity index (χ2n) is 11.6. The van der Waals surface area contributed by atoms with E-state index in [0.29, 0.717) is 49.0 Å². The van der Waals surface area contributed by atoms with Crippen molar-refractivity contribution < 1.29 is 19.4 Å². The molecule has 1 saturated carbocycles. The largest absolute Gasteiger partial charge is 0.491 e. The molecule has 0 bridgehead atoms. The first kappa shape index (κ1) is 28.6. The van der Waals surface area contributed by atoms with Gasteiger partial charge in [-0.3, -0.25) is 15.0 Å². The number of nitrogens with one attached hydrogen (secondary N) is 1. The van der Waals surface area contributed by atoms with Crippen LogP contribution in [0.4, 0.5) is 5.69 Å². The average molecular weight is 535 g/mol. The van der Waals surface area contributed by atoms with Crippen molar-refractivity contribution in [1.82, 2.24) is 9.88 Å². The van der Waals surface area contributed by atoms with E-state index in [0.717, 1.165) is 54.2 Å². The number of fused-ring (bicyclic) bond motifs is 1. The van der Waals surface area contributed by atoms with E-state index in [2.05, 4.69) is 51.7 Å². The highest BCUT2D eigenvalue weighted by Gasteiger charge is 2.32. The number of amidine groups is 1. The van der Waals surface area contributed by atoms with Crippen molar-refractivity contribution in [3.05, 3.63) is 52.3 Å². The number of aromatic nitrogens is 1. The zero-order chi connectivity index (χ0) is 28.3. The van der Waals surface area contributed by atoms with Gasteiger partial charge in [-0.25, -0.2) is 4.98 Å². The first-order valence-electron chi connectivity index (χ1n) is 14.2. The minimum absolute atomic E-state index is 0.0399. The second-order valence-corrected chi connectivity index (χ2v) is 11.6. The predicted octanol–water partition coefficient (Wildman–Crippen LogP) is 5.76. The Bertz CT molecular complexity index is 1240. The molecule has 1 fully saturated rings. The van der Waals surface area contributed by atoms with Crippen molar-refractivity contribution in [3.63, 3.8) is 0 Å². The molecule has 0 radical (unpaired) electrons. The lowest BCUT2D eigenvalue weighted by Crippen LogP contribution is -2.31. The van der Waals surface area contributed by atoms with Crippen molar-refractivity contribution in [2.45, 2.75) is 84.6 Å². The van der Waals surface area contributed by atoms with E-state index in [1.807, 2.05) is 17.0 Å². The number of hydrogen-bond acceptors (Lipinski definition) is 6. The minimum Gasteiger partial charge on any atom is -0.491 e. The Balaban J connectivity index is 1.59. The van der Waals surface area contributed by atoms with Crippen LogP contribution in [0.1, 0.15) is 106 Å². The number of hydrogen-bond donors (Lipinski definition) is 2. The minimum atomic E-state index is -0.801. The van der Waals surface area contributed by atoms with E-state index in [4.69, 9.17) is 20.2 Å². The van der Waals surface area contributed by atoms with Crippen LogP contribution in [0.3, 0.4) is 0 Å². The van der Waals surface area contributed by atoms with Gasteiger partial charge in [-0.15, -0.1) is 0 Å². The van der Waals surface area contributed by atoms with Gasteiger partial charge >= 0.3 is 5.97 Å². The van der Waals surface area contributed by atoms with Crippen molar-refractivity contribution in [2.75, 3.05) is 31.1 Å². The standard InChI is InChI=1S/C31H42N4O4/c1-6-34(7-2)25-17-22(16-23(31(3,4)5)29(25)39-15-9-8-10-27(37)38)26(36)19-35-18-21-13-14-24(20-11-12-20)33-28(21)30(35)32/h13-14,16-17,20,32H,6-12,15,18-19H2,1-5H3,(H,37,38). The van der Waals surface area contributed by atoms with E-state index in [9.17, 15) is 9.59 Å². The Morgan fingerprint density at radius 1 is 1.15 bits per heavy atom. The third-order valence-electron chi connectivity index (χ3n) is 7.57. The van der Waals surface area contributed by atoms with Gasteiger partial charge < -0.3 is 19.6 Å². The summed E-state index contributed by atoms with van der Waals surface area (Å²) in [7, 11) is 0. The third-order valence-corrected chi connectivity index (χ3v) is 7.57. The summed E-state index contributed by atoms with van der Waals surface area (Å²) in [6.07, 6.45) is 3.64. The number of aliphatic carboxylic acids is 1. The van der Waals surface area contributed by atoms with Gasteiger partial charge in [-0.05, 0) is 63.1 Å². The van der Waals surface area contributed by atoms with Gasteiger partial charge in [-0.1, -0.05) is 26.8 Å². The molecule has 8 nitrogen and oxygen atoms in total. The van der Waals surface area contributed by atoms with Crippen LogP contribution in [-0.2, 0) is 16.8 Å². The molecular formula is C31H42N4O4. The molecule has 210 valence electrons. The lowest BCUT2D eigenvalue weighted by molar-refractivity contribution is -0.137. The third kappa shape index (κ3) is 6.60. The Kier molecular flexibility index (Phi) is 8.62. The number of unbranched alkanes of at least 4 members (excludes halogenated alkanes) is 1. The number of Topliss-reactive ketones (excluding diaryl/α,β-unsaturated/α-hetero) is 1. The fourth-order valence-corrected chi connectivity index (χ4v) is 5.11. The van der Waals surface area contributed by atoms with Crippen LogP contribution in [0.5, 0.6) is 5.75 Å². The molecule has 2 heterocycles. The molecule has 8 heteroatoms. The maximum atomic E-state index is 13.7. The highest BCUT2D eigenvalue weighted by molar-refractivity contribution is 6.05. The number of carboxylic acids is 1. The summed E-state index contributed by atoms with van der Waals surface area (Å²) in [5.74, 6) is 0.761. The summed E-state index contributed by atoms with van der Waals surface area (Å²) in [6.45, 7) is 13.0. The fourth-order valence-electron chi connectivity index (χ4n) is 5.11. The number of carbonyl (C=O) groups excluding carboxylic acids is 1. The smallest absolute Gasteiger partial charge is 0.303 e. The SMILES string of the molecule is CCN(CC)c1cc(C(=O)CN2Cc3ccc(C4CC4)nc3C2=N)cc(C(C)(C)C)c1OCCCCC(=O)O. The molecule has 0 amide bonds. The topological polar surface area (TPSA) is 107 Å². The van der Waals surface area contributed by atoms with Crippen LogP contribution in [0.25, 0.3) is 0 Å². The summed E-state index contributed by atoms with van der Waals surface area (Å²) in [6, 6.07) is 8.00. The number of carboxylic acid groups (broad SMARTS) is 1.